The minimum absolute atomic E-state index is 0.0795. The maximum Gasteiger partial charge on any atom is 0.293 e. The van der Waals surface area contributed by atoms with Gasteiger partial charge in [-0.15, -0.1) is 0 Å². The number of nitrogens with zero attached hydrogens (tertiary/aromatic N) is 4. The Bertz CT molecular complexity index is 860. The van der Waals surface area contributed by atoms with E-state index in [4.69, 9.17) is 0 Å². The minimum Gasteiger partial charge on any atom is -0.362 e. The van der Waals surface area contributed by atoms with E-state index in [9.17, 15) is 23.3 Å². The summed E-state index contributed by atoms with van der Waals surface area (Å²) in [5.74, 6) is 0.572. The minimum atomic E-state index is -3.78. The van der Waals surface area contributed by atoms with Crippen LogP contribution in [-0.2, 0) is 14.8 Å². The average molecular weight is 441 g/mol. The van der Waals surface area contributed by atoms with Crippen molar-refractivity contribution >= 4 is 27.3 Å². The lowest BCUT2D eigenvalue weighted by atomic mass is 10.1. The van der Waals surface area contributed by atoms with Gasteiger partial charge in [-0.1, -0.05) is 27.7 Å². The number of hydrogen-bond acceptors (Lipinski definition) is 6. The van der Waals surface area contributed by atoms with Gasteiger partial charge in [0, 0.05) is 51.8 Å². The van der Waals surface area contributed by atoms with Gasteiger partial charge in [0.1, 0.15) is 5.69 Å². The molecule has 0 N–H and O–H groups in total. The second kappa shape index (κ2) is 10.2. The lowest BCUT2D eigenvalue weighted by Gasteiger charge is -2.36. The van der Waals surface area contributed by atoms with Crippen molar-refractivity contribution in [3.8, 4) is 0 Å². The van der Waals surface area contributed by atoms with Crippen molar-refractivity contribution in [3.05, 3.63) is 28.3 Å². The van der Waals surface area contributed by atoms with Crippen LogP contribution in [0.1, 0.15) is 40.5 Å². The molecule has 1 heterocycles. The quantitative estimate of drug-likeness (QED) is 0.432. The van der Waals surface area contributed by atoms with Crippen molar-refractivity contribution in [2.75, 3.05) is 44.2 Å². The van der Waals surface area contributed by atoms with Crippen molar-refractivity contribution in [1.82, 2.24) is 9.21 Å². The first kappa shape index (κ1) is 24.1. The summed E-state index contributed by atoms with van der Waals surface area (Å²) in [5, 5.41) is 11.7. The normalized spacial score (nSPS) is 15.1. The Hall–Kier alpha value is -2.20. The number of hydrogen-bond donors (Lipinski definition) is 0. The van der Waals surface area contributed by atoms with Gasteiger partial charge in [0.25, 0.3) is 5.69 Å². The monoisotopic (exact) mass is 440 g/mol. The molecule has 1 aliphatic rings. The van der Waals surface area contributed by atoms with Crippen molar-refractivity contribution < 1.29 is 18.1 Å². The van der Waals surface area contributed by atoms with Crippen LogP contribution in [0, 0.1) is 16.0 Å². The Morgan fingerprint density at radius 3 is 2.27 bits per heavy atom. The van der Waals surface area contributed by atoms with E-state index < -0.39 is 14.9 Å². The van der Waals surface area contributed by atoms with E-state index in [0.29, 0.717) is 57.3 Å². The topological polar surface area (TPSA) is 104 Å². The van der Waals surface area contributed by atoms with Crippen LogP contribution in [-0.4, -0.2) is 67.7 Å². The first-order valence-electron chi connectivity index (χ1n) is 10.4. The highest BCUT2D eigenvalue weighted by molar-refractivity contribution is 7.89. The summed E-state index contributed by atoms with van der Waals surface area (Å²) in [6, 6.07) is 4.07. The zero-order valence-corrected chi connectivity index (χ0v) is 19.0. The lowest BCUT2D eigenvalue weighted by Crippen LogP contribution is -2.49. The average Bonchev–Trinajstić information content (AvgIpc) is 2.72. The molecule has 0 bridgehead atoms. The van der Waals surface area contributed by atoms with Crippen LogP contribution < -0.4 is 4.90 Å². The number of carbonyl (C=O) groups excluding carboxylic acids is 1. The maximum atomic E-state index is 12.7. The summed E-state index contributed by atoms with van der Waals surface area (Å²) in [4.78, 5) is 27.0. The smallest absolute Gasteiger partial charge is 0.293 e. The number of sulfonamides is 1. The predicted molar refractivity (Wildman–Crippen MR) is 116 cm³/mol. The highest BCUT2D eigenvalue weighted by Gasteiger charge is 2.29. The number of rotatable bonds is 9. The third kappa shape index (κ3) is 5.48. The molecule has 0 aliphatic carbocycles. The van der Waals surface area contributed by atoms with Crippen LogP contribution in [0.3, 0.4) is 0 Å². The van der Waals surface area contributed by atoms with E-state index in [1.54, 1.807) is 18.7 Å². The molecule has 0 aromatic heterocycles. The summed E-state index contributed by atoms with van der Waals surface area (Å²) in [5.41, 5.74) is 0.149. The number of nitro groups is 1. The molecule has 1 aromatic carbocycles. The second-order valence-electron chi connectivity index (χ2n) is 7.80. The summed E-state index contributed by atoms with van der Waals surface area (Å²) >= 11 is 0. The van der Waals surface area contributed by atoms with Crippen LogP contribution in [0.4, 0.5) is 11.4 Å². The van der Waals surface area contributed by atoms with Gasteiger partial charge in [-0.05, 0) is 24.5 Å². The fourth-order valence-corrected chi connectivity index (χ4v) is 5.04. The zero-order chi connectivity index (χ0) is 22.5. The number of amides is 1. The molecule has 9 nitrogen and oxygen atoms in total. The van der Waals surface area contributed by atoms with E-state index >= 15 is 0 Å². The molecular formula is C20H32N4O5S. The van der Waals surface area contributed by atoms with E-state index in [-0.39, 0.29) is 16.5 Å². The van der Waals surface area contributed by atoms with Crippen molar-refractivity contribution in [2.45, 2.75) is 45.4 Å². The van der Waals surface area contributed by atoms with Gasteiger partial charge in [-0.2, -0.15) is 4.31 Å². The fraction of sp³-hybridized carbons (Fsp3) is 0.650. The van der Waals surface area contributed by atoms with Gasteiger partial charge in [-0.25, -0.2) is 8.42 Å². The Morgan fingerprint density at radius 2 is 1.77 bits per heavy atom. The molecule has 1 saturated heterocycles. The summed E-state index contributed by atoms with van der Waals surface area (Å²) < 4.78 is 26.7. The molecule has 1 aliphatic heterocycles. The largest absolute Gasteiger partial charge is 0.362 e. The van der Waals surface area contributed by atoms with E-state index in [1.807, 2.05) is 4.90 Å². The molecular weight excluding hydrogens is 408 g/mol. The number of nitro benzene ring substituents is 1. The number of anilines is 1. The molecule has 0 spiro atoms. The number of carbonyl (C=O) groups is 1. The first-order chi connectivity index (χ1) is 14.1. The van der Waals surface area contributed by atoms with Gasteiger partial charge in [0.2, 0.25) is 15.9 Å². The van der Waals surface area contributed by atoms with Crippen LogP contribution in [0.15, 0.2) is 23.1 Å². The SMILES string of the molecule is CCN(CC)S(=O)(=O)c1ccc(N2CCN(C(=O)CCC(C)C)CC2)c([N+](=O)[O-])c1. The first-order valence-corrected chi connectivity index (χ1v) is 11.9. The molecule has 1 amide bonds. The van der Waals surface area contributed by atoms with Crippen molar-refractivity contribution in [1.29, 1.82) is 0 Å². The van der Waals surface area contributed by atoms with Crippen LogP contribution in [0.25, 0.3) is 0 Å². The predicted octanol–water partition coefficient (Wildman–Crippen LogP) is 2.71. The summed E-state index contributed by atoms with van der Waals surface area (Å²) in [7, 11) is -3.78. The third-order valence-electron chi connectivity index (χ3n) is 5.40. The highest BCUT2D eigenvalue weighted by atomic mass is 32.2. The number of benzene rings is 1. The highest BCUT2D eigenvalue weighted by Crippen LogP contribution is 2.32. The standard InChI is InChI=1S/C20H32N4O5S/c1-5-23(6-2)30(28,29)17-8-9-18(19(15-17)24(26)27)21-11-13-22(14-12-21)20(25)10-7-16(3)4/h8-9,15-16H,5-7,10-14H2,1-4H3. The van der Waals surface area contributed by atoms with E-state index in [0.717, 1.165) is 12.5 Å². The molecule has 30 heavy (non-hydrogen) atoms. The van der Waals surface area contributed by atoms with Crippen molar-refractivity contribution in [2.24, 2.45) is 5.92 Å². The van der Waals surface area contributed by atoms with Crippen LogP contribution in [0.5, 0.6) is 0 Å². The molecule has 0 saturated carbocycles. The zero-order valence-electron chi connectivity index (χ0n) is 18.2. The molecule has 168 valence electrons. The molecule has 0 atom stereocenters. The maximum absolute atomic E-state index is 12.7. The van der Waals surface area contributed by atoms with Crippen LogP contribution in [0.2, 0.25) is 0 Å². The summed E-state index contributed by atoms with van der Waals surface area (Å²) in [6.45, 7) is 10.1. The molecule has 0 unspecified atom stereocenters. The van der Waals surface area contributed by atoms with Crippen molar-refractivity contribution in [3.63, 3.8) is 0 Å². The molecule has 1 fully saturated rings. The Morgan fingerprint density at radius 1 is 1.17 bits per heavy atom. The Labute approximate surface area is 178 Å². The molecule has 2 rings (SSSR count). The van der Waals surface area contributed by atoms with Crippen LogP contribution >= 0.6 is 0 Å². The summed E-state index contributed by atoms with van der Waals surface area (Å²) in [6.07, 6.45) is 1.35. The third-order valence-corrected chi connectivity index (χ3v) is 7.44. The van der Waals surface area contributed by atoms with E-state index in [2.05, 4.69) is 13.8 Å². The van der Waals surface area contributed by atoms with Gasteiger partial charge in [0.05, 0.1) is 9.82 Å². The lowest BCUT2D eigenvalue weighted by molar-refractivity contribution is -0.384. The van der Waals surface area contributed by atoms with Gasteiger partial charge in [-0.3, -0.25) is 14.9 Å². The molecule has 10 heteroatoms. The fourth-order valence-electron chi connectivity index (χ4n) is 3.56. The molecule has 0 radical (unpaired) electrons. The Balaban J connectivity index is 2.19. The van der Waals surface area contributed by atoms with Gasteiger partial charge >= 0.3 is 0 Å². The van der Waals surface area contributed by atoms with Gasteiger partial charge in [0.15, 0.2) is 0 Å². The second-order valence-corrected chi connectivity index (χ2v) is 9.74. The Kier molecular flexibility index (Phi) is 8.19. The van der Waals surface area contributed by atoms with E-state index in [1.165, 1.54) is 16.4 Å². The molecule has 1 aromatic rings. The number of piperazine rings is 1. The van der Waals surface area contributed by atoms with Gasteiger partial charge < -0.3 is 9.80 Å².